The minimum Gasteiger partial charge on any atom is -0.422 e. The molecular formula is C20H19ClN2O4. The highest BCUT2D eigenvalue weighted by atomic mass is 35.5. The Labute approximate surface area is 161 Å². The summed E-state index contributed by atoms with van der Waals surface area (Å²) in [5, 5.41) is 0.925. The van der Waals surface area contributed by atoms with Crippen LogP contribution in [0.1, 0.15) is 16.7 Å². The van der Waals surface area contributed by atoms with E-state index in [-0.39, 0.29) is 10.8 Å². The minimum atomic E-state index is -0.577. The van der Waals surface area contributed by atoms with Crippen molar-refractivity contribution >= 4 is 34.4 Å². The van der Waals surface area contributed by atoms with Gasteiger partial charge in [-0.15, -0.1) is 0 Å². The van der Waals surface area contributed by atoms with Gasteiger partial charge in [-0.2, -0.15) is 0 Å². The molecule has 1 aromatic heterocycles. The van der Waals surface area contributed by atoms with Crippen molar-refractivity contribution in [1.82, 2.24) is 4.90 Å². The molecule has 140 valence electrons. The van der Waals surface area contributed by atoms with Crippen molar-refractivity contribution in [3.63, 3.8) is 0 Å². The van der Waals surface area contributed by atoms with E-state index in [0.717, 1.165) is 11.1 Å². The van der Waals surface area contributed by atoms with Crippen molar-refractivity contribution in [3.8, 4) is 5.75 Å². The number of nitrogens with zero attached hydrogens (tertiary/aromatic N) is 1. The van der Waals surface area contributed by atoms with Crippen LogP contribution in [-0.4, -0.2) is 25.1 Å². The van der Waals surface area contributed by atoms with E-state index in [1.165, 1.54) is 11.0 Å². The maximum absolute atomic E-state index is 12.5. The van der Waals surface area contributed by atoms with E-state index in [1.807, 2.05) is 25.1 Å². The molecule has 3 aromatic rings. The lowest BCUT2D eigenvalue weighted by atomic mass is 9.98. The van der Waals surface area contributed by atoms with Crippen LogP contribution in [0.15, 0.2) is 45.6 Å². The van der Waals surface area contributed by atoms with Gasteiger partial charge in [0.2, 0.25) is 0 Å². The molecule has 0 unspecified atom stereocenters. The van der Waals surface area contributed by atoms with Crippen molar-refractivity contribution in [1.29, 1.82) is 0 Å². The number of amides is 1. The molecule has 0 aliphatic rings. The van der Waals surface area contributed by atoms with Gasteiger partial charge in [-0.1, -0.05) is 29.8 Å². The molecule has 0 spiro atoms. The van der Waals surface area contributed by atoms with E-state index in [9.17, 15) is 9.59 Å². The summed E-state index contributed by atoms with van der Waals surface area (Å²) in [7, 11) is 3.12. The Kier molecular flexibility index (Phi) is 5.10. The van der Waals surface area contributed by atoms with E-state index in [1.54, 1.807) is 26.2 Å². The molecule has 6 nitrogen and oxygen atoms in total. The Morgan fingerprint density at radius 1 is 1.26 bits per heavy atom. The van der Waals surface area contributed by atoms with Crippen LogP contribution in [-0.2, 0) is 6.42 Å². The number of hydrogen-bond donors (Lipinski definition) is 1. The molecule has 0 bridgehead atoms. The van der Waals surface area contributed by atoms with E-state index >= 15 is 0 Å². The molecule has 7 heteroatoms. The molecule has 1 heterocycles. The number of carbonyl (C=O) groups is 1. The molecule has 1 amide bonds. The summed E-state index contributed by atoms with van der Waals surface area (Å²) in [5.74, 6) is 0.130. The van der Waals surface area contributed by atoms with Gasteiger partial charge in [0.25, 0.3) is 0 Å². The lowest BCUT2D eigenvalue weighted by Crippen LogP contribution is -2.25. The average Bonchev–Trinajstić information content (AvgIpc) is 2.61. The Morgan fingerprint density at radius 3 is 2.63 bits per heavy atom. The van der Waals surface area contributed by atoms with Gasteiger partial charge in [0.05, 0.1) is 5.02 Å². The fraction of sp³-hybridized carbons (Fsp3) is 0.200. The zero-order chi connectivity index (χ0) is 19.7. The highest BCUT2D eigenvalue weighted by Crippen LogP contribution is 2.32. The van der Waals surface area contributed by atoms with Gasteiger partial charge in [-0.25, -0.2) is 9.59 Å². The second-order valence-electron chi connectivity index (χ2n) is 6.41. The number of benzene rings is 2. The van der Waals surface area contributed by atoms with Gasteiger partial charge in [0.1, 0.15) is 5.58 Å². The van der Waals surface area contributed by atoms with Crippen molar-refractivity contribution in [3.05, 3.63) is 68.5 Å². The SMILES string of the molecule is Cc1c(Cc2ccccc2N)c(=O)oc2cc(OC(=O)N(C)C)c(Cl)cc12. The summed E-state index contributed by atoms with van der Waals surface area (Å²) in [6, 6.07) is 10.4. The van der Waals surface area contributed by atoms with Crippen molar-refractivity contribution < 1.29 is 13.9 Å². The third-order valence-corrected chi connectivity index (χ3v) is 4.62. The fourth-order valence-electron chi connectivity index (χ4n) is 2.74. The summed E-state index contributed by atoms with van der Waals surface area (Å²) in [4.78, 5) is 25.6. The van der Waals surface area contributed by atoms with Gasteiger partial charge in [0, 0.05) is 43.2 Å². The lowest BCUT2D eigenvalue weighted by Gasteiger charge is -2.13. The first kappa shape index (κ1) is 18.8. The zero-order valence-electron chi connectivity index (χ0n) is 15.2. The Bertz CT molecular complexity index is 1090. The number of rotatable bonds is 3. The highest BCUT2D eigenvalue weighted by Gasteiger charge is 2.17. The molecule has 0 fully saturated rings. The van der Waals surface area contributed by atoms with E-state index in [0.29, 0.717) is 28.6 Å². The number of ether oxygens (including phenoxy) is 1. The third kappa shape index (κ3) is 3.75. The summed E-state index contributed by atoms with van der Waals surface area (Å²) >= 11 is 6.27. The van der Waals surface area contributed by atoms with E-state index in [4.69, 9.17) is 26.5 Å². The first-order valence-electron chi connectivity index (χ1n) is 8.26. The van der Waals surface area contributed by atoms with Crippen LogP contribution in [0.3, 0.4) is 0 Å². The second-order valence-corrected chi connectivity index (χ2v) is 6.82. The van der Waals surface area contributed by atoms with Crippen molar-refractivity contribution in [2.45, 2.75) is 13.3 Å². The molecular weight excluding hydrogens is 368 g/mol. The maximum atomic E-state index is 12.5. The number of fused-ring (bicyclic) bond motifs is 1. The summed E-state index contributed by atoms with van der Waals surface area (Å²) in [6.07, 6.45) is -0.224. The van der Waals surface area contributed by atoms with Gasteiger partial charge in [0.15, 0.2) is 5.75 Å². The quantitative estimate of drug-likeness (QED) is 0.543. The van der Waals surface area contributed by atoms with Crippen molar-refractivity contribution in [2.24, 2.45) is 0 Å². The molecule has 0 aliphatic heterocycles. The smallest absolute Gasteiger partial charge is 0.414 e. The van der Waals surface area contributed by atoms with Gasteiger partial charge >= 0.3 is 11.7 Å². The van der Waals surface area contributed by atoms with Crippen LogP contribution in [0, 0.1) is 6.92 Å². The molecule has 2 N–H and O–H groups in total. The zero-order valence-corrected chi connectivity index (χ0v) is 16.0. The first-order chi connectivity index (χ1) is 12.8. The molecule has 27 heavy (non-hydrogen) atoms. The molecule has 0 aliphatic carbocycles. The first-order valence-corrected chi connectivity index (χ1v) is 8.64. The number of nitrogens with two attached hydrogens (primary N) is 1. The average molecular weight is 387 g/mol. The molecule has 2 aromatic carbocycles. The van der Waals surface area contributed by atoms with E-state index < -0.39 is 11.7 Å². The van der Waals surface area contributed by atoms with Crippen LogP contribution in [0.4, 0.5) is 10.5 Å². The number of anilines is 1. The highest BCUT2D eigenvalue weighted by molar-refractivity contribution is 6.33. The van der Waals surface area contributed by atoms with Crippen LogP contribution < -0.4 is 16.1 Å². The summed E-state index contributed by atoms with van der Waals surface area (Å²) in [6.45, 7) is 1.83. The predicted molar refractivity (Wildman–Crippen MR) is 106 cm³/mol. The van der Waals surface area contributed by atoms with Gasteiger partial charge in [-0.3, -0.25) is 0 Å². The molecule has 3 rings (SSSR count). The molecule has 0 saturated heterocycles. The van der Waals surface area contributed by atoms with Gasteiger partial charge < -0.3 is 19.8 Å². The Balaban J connectivity index is 2.08. The fourth-order valence-corrected chi connectivity index (χ4v) is 2.95. The predicted octanol–water partition coefficient (Wildman–Crippen LogP) is 3.99. The minimum absolute atomic E-state index is 0.130. The molecule has 0 saturated carbocycles. The second kappa shape index (κ2) is 7.32. The number of para-hydroxylation sites is 1. The number of aryl methyl sites for hydroxylation is 1. The number of hydrogen-bond acceptors (Lipinski definition) is 5. The number of nitrogen functional groups attached to an aromatic ring is 1. The van der Waals surface area contributed by atoms with Gasteiger partial charge in [-0.05, 0) is 30.2 Å². The number of halogens is 1. The monoisotopic (exact) mass is 386 g/mol. The van der Waals surface area contributed by atoms with Crippen LogP contribution in [0.2, 0.25) is 5.02 Å². The van der Waals surface area contributed by atoms with Crippen molar-refractivity contribution in [2.75, 3.05) is 19.8 Å². The van der Waals surface area contributed by atoms with Crippen LogP contribution in [0.25, 0.3) is 11.0 Å². The largest absolute Gasteiger partial charge is 0.422 e. The standard InChI is InChI=1S/C20H19ClN2O4/c1-11-13-9-15(21)18(27-20(25)23(2)3)10-17(13)26-19(24)14(11)8-12-6-4-5-7-16(12)22/h4-7,9-10H,8,22H2,1-3H3. The normalized spacial score (nSPS) is 10.8. The summed E-state index contributed by atoms with van der Waals surface area (Å²) in [5.41, 5.74) is 8.54. The Morgan fingerprint density at radius 2 is 1.96 bits per heavy atom. The number of carbonyl (C=O) groups excluding carboxylic acids is 1. The Hall–Kier alpha value is -2.99. The third-order valence-electron chi connectivity index (χ3n) is 4.32. The molecule has 0 atom stereocenters. The maximum Gasteiger partial charge on any atom is 0.414 e. The van der Waals surface area contributed by atoms with Crippen LogP contribution >= 0.6 is 11.6 Å². The topological polar surface area (TPSA) is 85.8 Å². The van der Waals surface area contributed by atoms with Crippen LogP contribution in [0.5, 0.6) is 5.75 Å². The molecule has 0 radical (unpaired) electrons. The van der Waals surface area contributed by atoms with E-state index in [2.05, 4.69) is 0 Å². The lowest BCUT2D eigenvalue weighted by molar-refractivity contribution is 0.172. The summed E-state index contributed by atoms with van der Waals surface area (Å²) < 4.78 is 10.7.